The molecular formula is C14H14F2N2O. The second kappa shape index (κ2) is 5.22. The fourth-order valence-corrected chi connectivity index (χ4v) is 1.85. The maximum absolute atomic E-state index is 13.1. The Bertz CT molecular complexity index is 559. The highest BCUT2D eigenvalue weighted by molar-refractivity contribution is 5.83. The molecule has 0 spiro atoms. The lowest BCUT2D eigenvalue weighted by molar-refractivity contribution is 0.287. The van der Waals surface area contributed by atoms with Crippen LogP contribution in [0.25, 0.3) is 0 Å². The summed E-state index contributed by atoms with van der Waals surface area (Å²) in [7, 11) is 1.52. The molecule has 2 rings (SSSR count). The molecule has 3 nitrogen and oxygen atoms in total. The summed E-state index contributed by atoms with van der Waals surface area (Å²) < 4.78 is 31.4. The normalized spacial score (nSPS) is 15.2. The van der Waals surface area contributed by atoms with Crippen LogP contribution in [0.2, 0.25) is 0 Å². The van der Waals surface area contributed by atoms with Crippen molar-refractivity contribution < 1.29 is 13.5 Å². The first-order valence-corrected chi connectivity index (χ1v) is 5.71. The van der Waals surface area contributed by atoms with Gasteiger partial charge in [-0.2, -0.15) is 0 Å². The zero-order valence-electron chi connectivity index (χ0n) is 10.8. The minimum absolute atomic E-state index is 0.310. The molecule has 19 heavy (non-hydrogen) atoms. The lowest BCUT2D eigenvalue weighted by Gasteiger charge is -2.25. The van der Waals surface area contributed by atoms with Crippen LogP contribution in [-0.4, -0.2) is 17.8 Å². The van der Waals surface area contributed by atoms with Crippen molar-refractivity contribution >= 4 is 5.84 Å². The van der Waals surface area contributed by atoms with Crippen molar-refractivity contribution in [2.24, 2.45) is 4.99 Å². The summed E-state index contributed by atoms with van der Waals surface area (Å²) in [6.07, 6.45) is 1.72. The quantitative estimate of drug-likeness (QED) is 0.837. The van der Waals surface area contributed by atoms with Crippen LogP contribution in [0.3, 0.4) is 0 Å². The van der Waals surface area contributed by atoms with E-state index in [1.165, 1.54) is 19.2 Å². The maximum atomic E-state index is 13.1. The number of aliphatic imine (C=N–C) groups is 1. The predicted molar refractivity (Wildman–Crippen MR) is 69.2 cm³/mol. The van der Waals surface area contributed by atoms with Crippen molar-refractivity contribution in [3.63, 3.8) is 0 Å². The predicted octanol–water partition coefficient (Wildman–Crippen LogP) is 3.20. The van der Waals surface area contributed by atoms with E-state index in [1.807, 2.05) is 0 Å². The Morgan fingerprint density at radius 2 is 1.89 bits per heavy atom. The molecule has 0 saturated heterocycles. The van der Waals surface area contributed by atoms with Gasteiger partial charge in [-0.25, -0.2) is 13.8 Å². The number of halogens is 2. The van der Waals surface area contributed by atoms with E-state index < -0.39 is 11.6 Å². The second-order valence-electron chi connectivity index (χ2n) is 4.21. The molecular weight excluding hydrogens is 250 g/mol. The Morgan fingerprint density at radius 1 is 1.26 bits per heavy atom. The van der Waals surface area contributed by atoms with Crippen LogP contribution >= 0.6 is 0 Å². The number of hydrogen-bond acceptors (Lipinski definition) is 3. The van der Waals surface area contributed by atoms with Crippen LogP contribution < -0.4 is 0 Å². The van der Waals surface area contributed by atoms with E-state index in [0.717, 1.165) is 6.07 Å². The summed E-state index contributed by atoms with van der Waals surface area (Å²) in [4.78, 5) is 5.98. The first-order valence-electron chi connectivity index (χ1n) is 5.71. The summed E-state index contributed by atoms with van der Waals surface area (Å²) in [6.45, 7) is 5.86. The van der Waals surface area contributed by atoms with Gasteiger partial charge in [0.2, 0.25) is 0 Å². The van der Waals surface area contributed by atoms with Gasteiger partial charge in [-0.3, -0.25) is 0 Å². The van der Waals surface area contributed by atoms with E-state index in [9.17, 15) is 8.78 Å². The van der Waals surface area contributed by atoms with Gasteiger partial charge in [-0.1, -0.05) is 6.58 Å². The molecule has 0 aromatic heterocycles. The third-order valence-electron chi connectivity index (χ3n) is 2.77. The van der Waals surface area contributed by atoms with Gasteiger partial charge in [0.1, 0.15) is 23.2 Å². The summed E-state index contributed by atoms with van der Waals surface area (Å²) in [5.74, 6) is 0.0295. The number of ether oxygens (including phenoxy) is 1. The smallest absolute Gasteiger partial charge is 0.160 e. The van der Waals surface area contributed by atoms with Crippen LogP contribution in [-0.2, 0) is 11.3 Å². The minimum Gasteiger partial charge on any atom is -0.493 e. The van der Waals surface area contributed by atoms with Crippen LogP contribution in [0.4, 0.5) is 8.78 Å². The number of amidine groups is 1. The van der Waals surface area contributed by atoms with Crippen molar-refractivity contribution in [1.82, 2.24) is 4.90 Å². The van der Waals surface area contributed by atoms with Gasteiger partial charge in [-0.15, -0.1) is 0 Å². The molecule has 0 N–H and O–H groups in total. The van der Waals surface area contributed by atoms with Gasteiger partial charge in [0.15, 0.2) is 5.76 Å². The summed E-state index contributed by atoms with van der Waals surface area (Å²) >= 11 is 0. The standard InChI is InChI=1S/C14H14F2N2O/c1-9-14(19-3)8-18(10(2)17-9)7-11-4-12(15)6-13(16)5-11/h4-6,8H,1,7H2,2-3H3. The zero-order valence-corrected chi connectivity index (χ0v) is 10.8. The fourth-order valence-electron chi connectivity index (χ4n) is 1.85. The minimum atomic E-state index is -0.595. The highest BCUT2D eigenvalue weighted by Crippen LogP contribution is 2.20. The lowest BCUT2D eigenvalue weighted by Crippen LogP contribution is -2.26. The van der Waals surface area contributed by atoms with Crippen LogP contribution in [0.15, 0.2) is 47.4 Å². The van der Waals surface area contributed by atoms with Gasteiger partial charge in [0.25, 0.3) is 0 Å². The molecule has 1 aromatic rings. The van der Waals surface area contributed by atoms with Crippen LogP contribution in [0.1, 0.15) is 12.5 Å². The lowest BCUT2D eigenvalue weighted by atomic mass is 10.2. The summed E-state index contributed by atoms with van der Waals surface area (Å²) in [6, 6.07) is 3.43. The van der Waals surface area contributed by atoms with Gasteiger partial charge >= 0.3 is 0 Å². The molecule has 1 aliphatic rings. The molecule has 0 aliphatic carbocycles. The number of methoxy groups -OCH3 is 1. The third-order valence-corrected chi connectivity index (χ3v) is 2.77. The van der Waals surface area contributed by atoms with E-state index in [0.29, 0.717) is 29.4 Å². The largest absolute Gasteiger partial charge is 0.493 e. The molecule has 0 bridgehead atoms. The maximum Gasteiger partial charge on any atom is 0.160 e. The van der Waals surface area contributed by atoms with Crippen molar-refractivity contribution in [2.45, 2.75) is 13.5 Å². The van der Waals surface area contributed by atoms with Gasteiger partial charge in [0, 0.05) is 18.8 Å². The molecule has 100 valence electrons. The molecule has 0 atom stereocenters. The number of nitrogens with zero attached hydrogens (tertiary/aromatic N) is 2. The van der Waals surface area contributed by atoms with Crippen molar-refractivity contribution in [3.8, 4) is 0 Å². The van der Waals surface area contributed by atoms with E-state index in [4.69, 9.17) is 4.74 Å². The topological polar surface area (TPSA) is 24.8 Å². The summed E-state index contributed by atoms with van der Waals surface area (Å²) in [5, 5.41) is 0. The van der Waals surface area contributed by atoms with E-state index >= 15 is 0 Å². The molecule has 0 unspecified atom stereocenters. The molecule has 0 saturated carbocycles. The van der Waals surface area contributed by atoms with E-state index in [1.54, 1.807) is 18.0 Å². The van der Waals surface area contributed by atoms with Crippen LogP contribution in [0.5, 0.6) is 0 Å². The molecule has 5 heteroatoms. The van der Waals surface area contributed by atoms with Gasteiger partial charge in [-0.05, 0) is 24.6 Å². The average Bonchev–Trinajstić information content (AvgIpc) is 2.31. The Morgan fingerprint density at radius 3 is 2.47 bits per heavy atom. The van der Waals surface area contributed by atoms with Crippen molar-refractivity contribution in [3.05, 3.63) is 59.6 Å². The molecule has 0 amide bonds. The van der Waals surface area contributed by atoms with Gasteiger partial charge < -0.3 is 9.64 Å². The molecule has 1 aliphatic heterocycles. The Labute approximate surface area is 110 Å². The molecule has 0 fully saturated rings. The highest BCUT2D eigenvalue weighted by Gasteiger charge is 2.16. The number of rotatable bonds is 3. The average molecular weight is 264 g/mol. The fraction of sp³-hybridized carbons (Fsp3) is 0.214. The van der Waals surface area contributed by atoms with E-state index in [-0.39, 0.29) is 0 Å². The zero-order chi connectivity index (χ0) is 14.0. The first kappa shape index (κ1) is 13.3. The van der Waals surface area contributed by atoms with Crippen molar-refractivity contribution in [2.75, 3.05) is 7.11 Å². The van der Waals surface area contributed by atoms with Crippen LogP contribution in [0, 0.1) is 11.6 Å². The molecule has 1 aromatic carbocycles. The molecule has 0 radical (unpaired) electrons. The Kier molecular flexibility index (Phi) is 3.64. The molecule has 1 heterocycles. The Balaban J connectivity index is 2.25. The summed E-state index contributed by atoms with van der Waals surface area (Å²) in [5.41, 5.74) is 1.05. The third kappa shape index (κ3) is 2.99. The van der Waals surface area contributed by atoms with Crippen molar-refractivity contribution in [1.29, 1.82) is 0 Å². The Hall–Kier alpha value is -2.17. The SMILES string of the molecule is C=C1N=C(C)N(Cc2cc(F)cc(F)c2)C=C1OC. The number of benzene rings is 1. The number of hydrogen-bond donors (Lipinski definition) is 0. The monoisotopic (exact) mass is 264 g/mol. The van der Waals surface area contributed by atoms with E-state index in [2.05, 4.69) is 11.6 Å². The highest BCUT2D eigenvalue weighted by atomic mass is 19.1. The van der Waals surface area contributed by atoms with Gasteiger partial charge in [0.05, 0.1) is 7.11 Å². The second-order valence-corrected chi connectivity index (χ2v) is 4.21. The first-order chi connectivity index (χ1) is 8.99.